The molecule has 0 saturated heterocycles. The predicted octanol–water partition coefficient (Wildman–Crippen LogP) is 4.39. The fraction of sp³-hybridized carbons (Fsp3) is 0.190. The summed E-state index contributed by atoms with van der Waals surface area (Å²) in [5.41, 5.74) is 4.66. The van der Waals surface area contributed by atoms with Crippen LogP contribution in [0.4, 0.5) is 5.69 Å². The molecule has 1 heterocycles. The van der Waals surface area contributed by atoms with Crippen molar-refractivity contribution < 1.29 is 14.3 Å². The molecule has 27 heavy (non-hydrogen) atoms. The topological polar surface area (TPSA) is 68.3 Å². The Morgan fingerprint density at radius 2 is 1.85 bits per heavy atom. The van der Waals surface area contributed by atoms with E-state index in [9.17, 15) is 9.59 Å². The minimum atomic E-state index is -0.425. The number of ether oxygens (including phenoxy) is 1. The van der Waals surface area contributed by atoms with Gasteiger partial charge in [-0.3, -0.25) is 4.79 Å². The van der Waals surface area contributed by atoms with E-state index in [1.54, 1.807) is 25.1 Å². The van der Waals surface area contributed by atoms with E-state index in [4.69, 9.17) is 4.74 Å². The molecule has 3 rings (SSSR count). The smallest absolute Gasteiger partial charge is 0.338 e. The van der Waals surface area contributed by atoms with Crippen LogP contribution in [0, 0.1) is 13.8 Å². The number of hydrogen-bond donors (Lipinski definition) is 1. The van der Waals surface area contributed by atoms with Gasteiger partial charge in [0.1, 0.15) is 5.01 Å². The Morgan fingerprint density at radius 1 is 1.11 bits per heavy atom. The Balaban J connectivity index is 1.70. The Morgan fingerprint density at radius 3 is 2.56 bits per heavy atom. The third-order valence-electron chi connectivity index (χ3n) is 4.21. The molecule has 5 nitrogen and oxygen atoms in total. The molecule has 3 aromatic rings. The monoisotopic (exact) mass is 380 g/mol. The first-order valence-corrected chi connectivity index (χ1v) is 9.35. The first kappa shape index (κ1) is 18.8. The van der Waals surface area contributed by atoms with Crippen molar-refractivity contribution in [3.05, 3.63) is 70.2 Å². The van der Waals surface area contributed by atoms with Crippen molar-refractivity contribution in [2.45, 2.75) is 20.3 Å². The number of carbonyl (C=O) groups is 2. The van der Waals surface area contributed by atoms with Crippen LogP contribution in [0.25, 0.3) is 10.6 Å². The minimum absolute atomic E-state index is 0.171. The number of methoxy groups -OCH3 is 1. The van der Waals surface area contributed by atoms with Gasteiger partial charge in [0, 0.05) is 16.6 Å². The Labute approximate surface area is 162 Å². The molecule has 1 amide bonds. The van der Waals surface area contributed by atoms with Crippen LogP contribution in [0.3, 0.4) is 0 Å². The fourth-order valence-corrected chi connectivity index (χ4v) is 3.50. The van der Waals surface area contributed by atoms with Crippen molar-refractivity contribution in [1.82, 2.24) is 4.98 Å². The summed E-state index contributed by atoms with van der Waals surface area (Å²) in [7, 11) is 1.33. The van der Waals surface area contributed by atoms with Gasteiger partial charge in [0.05, 0.1) is 24.8 Å². The van der Waals surface area contributed by atoms with E-state index in [1.165, 1.54) is 24.0 Å². The molecule has 0 radical (unpaired) electrons. The van der Waals surface area contributed by atoms with Crippen LogP contribution in [0.15, 0.2) is 47.8 Å². The van der Waals surface area contributed by atoms with E-state index in [2.05, 4.69) is 10.3 Å². The molecule has 1 aromatic heterocycles. The van der Waals surface area contributed by atoms with Gasteiger partial charge in [0.25, 0.3) is 0 Å². The van der Waals surface area contributed by atoms with Gasteiger partial charge in [0.15, 0.2) is 0 Å². The Hall–Kier alpha value is -2.99. The number of nitrogens with zero attached hydrogens (tertiary/aromatic N) is 1. The average Bonchev–Trinajstić information content (AvgIpc) is 3.11. The minimum Gasteiger partial charge on any atom is -0.465 e. The average molecular weight is 380 g/mol. The molecule has 2 aromatic carbocycles. The van der Waals surface area contributed by atoms with Gasteiger partial charge in [-0.15, -0.1) is 11.3 Å². The number of nitrogens with one attached hydrogen (secondary N) is 1. The summed E-state index contributed by atoms with van der Waals surface area (Å²) < 4.78 is 4.76. The molecule has 0 spiro atoms. The number of anilines is 1. The third-order valence-corrected chi connectivity index (χ3v) is 5.15. The lowest BCUT2D eigenvalue weighted by atomic mass is 10.1. The molecular weight excluding hydrogens is 360 g/mol. The first-order valence-electron chi connectivity index (χ1n) is 8.47. The number of carbonyl (C=O) groups excluding carboxylic acids is 2. The number of rotatable bonds is 5. The van der Waals surface area contributed by atoms with E-state index >= 15 is 0 Å². The summed E-state index contributed by atoms with van der Waals surface area (Å²) in [5.74, 6) is -0.605. The van der Waals surface area contributed by atoms with Crippen molar-refractivity contribution in [3.63, 3.8) is 0 Å². The molecule has 0 aliphatic rings. The number of benzene rings is 2. The molecule has 0 bridgehead atoms. The zero-order valence-electron chi connectivity index (χ0n) is 15.4. The number of amides is 1. The van der Waals surface area contributed by atoms with Crippen LogP contribution in [0.1, 0.15) is 27.2 Å². The standard InChI is InChI=1S/C21H20N2O3S/c1-13-7-9-15(10-8-13)20-22-16(12-27-20)11-19(24)23-18-6-4-5-17(14(18)2)21(25)26-3/h4-10,12H,11H2,1-3H3,(H,23,24). The second kappa shape index (κ2) is 8.14. The highest BCUT2D eigenvalue weighted by Gasteiger charge is 2.14. The molecule has 0 unspecified atom stereocenters. The molecule has 0 fully saturated rings. The van der Waals surface area contributed by atoms with E-state index in [-0.39, 0.29) is 12.3 Å². The van der Waals surface area contributed by atoms with E-state index in [0.29, 0.717) is 16.8 Å². The van der Waals surface area contributed by atoms with Crippen molar-refractivity contribution >= 4 is 28.9 Å². The summed E-state index contributed by atoms with van der Waals surface area (Å²) in [4.78, 5) is 28.7. The van der Waals surface area contributed by atoms with Crippen molar-refractivity contribution in [1.29, 1.82) is 0 Å². The van der Waals surface area contributed by atoms with Crippen LogP contribution in [0.5, 0.6) is 0 Å². The highest BCUT2D eigenvalue weighted by Crippen LogP contribution is 2.25. The number of hydrogen-bond acceptors (Lipinski definition) is 5. The Bertz CT molecular complexity index is 977. The second-order valence-corrected chi connectivity index (χ2v) is 7.06. The molecule has 6 heteroatoms. The van der Waals surface area contributed by atoms with E-state index < -0.39 is 5.97 Å². The number of aromatic nitrogens is 1. The highest BCUT2D eigenvalue weighted by molar-refractivity contribution is 7.13. The number of thiazole rings is 1. The van der Waals surface area contributed by atoms with Gasteiger partial charge in [-0.1, -0.05) is 35.9 Å². The normalized spacial score (nSPS) is 10.5. The SMILES string of the molecule is COC(=O)c1cccc(NC(=O)Cc2csc(-c3ccc(C)cc3)n2)c1C. The quantitative estimate of drug-likeness (QED) is 0.667. The predicted molar refractivity (Wildman–Crippen MR) is 107 cm³/mol. The van der Waals surface area contributed by atoms with Gasteiger partial charge >= 0.3 is 5.97 Å². The van der Waals surface area contributed by atoms with E-state index in [1.807, 2.05) is 36.6 Å². The molecule has 0 aliphatic heterocycles. The molecule has 0 atom stereocenters. The first-order chi connectivity index (χ1) is 13.0. The summed E-state index contributed by atoms with van der Waals surface area (Å²) in [6.07, 6.45) is 0.171. The highest BCUT2D eigenvalue weighted by atomic mass is 32.1. The fourth-order valence-electron chi connectivity index (χ4n) is 2.68. The molecule has 0 aliphatic carbocycles. The molecule has 0 saturated carbocycles. The molecular formula is C21H20N2O3S. The zero-order valence-corrected chi connectivity index (χ0v) is 16.2. The van der Waals surface area contributed by atoms with Gasteiger partial charge in [-0.25, -0.2) is 9.78 Å². The van der Waals surface area contributed by atoms with Crippen LogP contribution in [-0.4, -0.2) is 24.0 Å². The van der Waals surface area contributed by atoms with Crippen LogP contribution >= 0.6 is 11.3 Å². The molecule has 138 valence electrons. The number of aryl methyl sites for hydroxylation is 1. The van der Waals surface area contributed by atoms with Crippen molar-refractivity contribution in [3.8, 4) is 10.6 Å². The lowest BCUT2D eigenvalue weighted by molar-refractivity contribution is -0.115. The van der Waals surface area contributed by atoms with Crippen molar-refractivity contribution in [2.24, 2.45) is 0 Å². The summed E-state index contributed by atoms with van der Waals surface area (Å²) in [6, 6.07) is 13.3. The van der Waals surface area contributed by atoms with Gasteiger partial charge in [0.2, 0.25) is 5.91 Å². The zero-order chi connectivity index (χ0) is 19.4. The Kier molecular flexibility index (Phi) is 5.66. The van der Waals surface area contributed by atoms with Crippen LogP contribution < -0.4 is 5.32 Å². The van der Waals surface area contributed by atoms with Gasteiger partial charge in [-0.05, 0) is 31.5 Å². The number of esters is 1. The van der Waals surface area contributed by atoms with Crippen LogP contribution in [-0.2, 0) is 16.0 Å². The second-order valence-electron chi connectivity index (χ2n) is 6.20. The van der Waals surface area contributed by atoms with Gasteiger partial charge < -0.3 is 10.1 Å². The maximum Gasteiger partial charge on any atom is 0.338 e. The van der Waals surface area contributed by atoms with Crippen molar-refractivity contribution in [2.75, 3.05) is 12.4 Å². The maximum absolute atomic E-state index is 12.4. The summed E-state index contributed by atoms with van der Waals surface area (Å²) in [5, 5.41) is 5.64. The summed E-state index contributed by atoms with van der Waals surface area (Å²) >= 11 is 1.52. The largest absolute Gasteiger partial charge is 0.465 e. The third kappa shape index (κ3) is 4.41. The van der Waals surface area contributed by atoms with Gasteiger partial charge in [-0.2, -0.15) is 0 Å². The lowest BCUT2D eigenvalue weighted by Gasteiger charge is -2.11. The van der Waals surface area contributed by atoms with Crippen LogP contribution in [0.2, 0.25) is 0 Å². The lowest BCUT2D eigenvalue weighted by Crippen LogP contribution is -2.16. The summed E-state index contributed by atoms with van der Waals surface area (Å²) in [6.45, 7) is 3.82. The molecule has 1 N–H and O–H groups in total. The van der Waals surface area contributed by atoms with E-state index in [0.717, 1.165) is 16.3 Å². The maximum atomic E-state index is 12.4.